The van der Waals surface area contributed by atoms with E-state index in [-0.39, 0.29) is 11.9 Å². The predicted molar refractivity (Wildman–Crippen MR) is 84.3 cm³/mol. The highest BCUT2D eigenvalue weighted by molar-refractivity contribution is 9.10. The molecule has 0 heterocycles. The molecule has 2 nitrogen and oxygen atoms in total. The van der Waals surface area contributed by atoms with Gasteiger partial charge in [0.2, 0.25) is 0 Å². The standard InChI is InChI=1S/C14H12BrCl2FN2/c15-11-3-1-2-10(14(11)17)13(20-19)6-8-4-5-9(18)7-12(8)16/h1-5,7,13,20H,6,19H2. The quantitative estimate of drug-likeness (QED) is 0.601. The zero-order valence-electron chi connectivity index (χ0n) is 10.3. The molecule has 0 fully saturated rings. The molecule has 2 aromatic rings. The molecule has 0 spiro atoms. The molecule has 2 aromatic carbocycles. The van der Waals surface area contributed by atoms with Crippen molar-refractivity contribution in [1.29, 1.82) is 0 Å². The van der Waals surface area contributed by atoms with Crippen LogP contribution >= 0.6 is 39.1 Å². The molecule has 3 N–H and O–H groups in total. The van der Waals surface area contributed by atoms with Gasteiger partial charge in [0.05, 0.1) is 11.1 Å². The lowest BCUT2D eigenvalue weighted by molar-refractivity contribution is 0.551. The molecule has 106 valence electrons. The van der Waals surface area contributed by atoms with Crippen LogP contribution in [0.5, 0.6) is 0 Å². The molecule has 1 atom stereocenters. The third-order valence-electron chi connectivity index (χ3n) is 3.00. The van der Waals surface area contributed by atoms with Gasteiger partial charge in [0, 0.05) is 9.50 Å². The molecular weight excluding hydrogens is 366 g/mol. The van der Waals surface area contributed by atoms with E-state index in [0.717, 1.165) is 15.6 Å². The Hall–Kier alpha value is -0.650. The van der Waals surface area contributed by atoms with Crippen molar-refractivity contribution in [3.05, 3.63) is 67.9 Å². The summed E-state index contributed by atoms with van der Waals surface area (Å²) in [6, 6.07) is 9.70. The van der Waals surface area contributed by atoms with Crippen molar-refractivity contribution in [2.24, 2.45) is 5.84 Å². The second-order valence-corrected chi connectivity index (χ2v) is 5.94. The summed E-state index contributed by atoms with van der Waals surface area (Å²) >= 11 is 15.7. The fourth-order valence-corrected chi connectivity index (χ4v) is 2.84. The van der Waals surface area contributed by atoms with E-state index in [9.17, 15) is 4.39 Å². The highest BCUT2D eigenvalue weighted by Gasteiger charge is 2.17. The molecule has 0 aliphatic heterocycles. The van der Waals surface area contributed by atoms with Crippen molar-refractivity contribution >= 4 is 39.1 Å². The fraction of sp³-hybridized carbons (Fsp3) is 0.143. The minimum Gasteiger partial charge on any atom is -0.271 e. The largest absolute Gasteiger partial charge is 0.271 e. The minimum atomic E-state index is -0.364. The van der Waals surface area contributed by atoms with Gasteiger partial charge < -0.3 is 0 Å². The first kappa shape index (κ1) is 15.7. The van der Waals surface area contributed by atoms with Crippen molar-refractivity contribution in [3.63, 3.8) is 0 Å². The van der Waals surface area contributed by atoms with Gasteiger partial charge in [-0.25, -0.2) is 4.39 Å². The summed E-state index contributed by atoms with van der Waals surface area (Å²) in [5, 5.41) is 0.963. The molecule has 0 aliphatic rings. The highest BCUT2D eigenvalue weighted by atomic mass is 79.9. The van der Waals surface area contributed by atoms with Gasteiger partial charge in [0.15, 0.2) is 0 Å². The van der Waals surface area contributed by atoms with Crippen LogP contribution in [0, 0.1) is 5.82 Å². The van der Waals surface area contributed by atoms with Crippen LogP contribution in [0.1, 0.15) is 17.2 Å². The van der Waals surface area contributed by atoms with Gasteiger partial charge in [-0.3, -0.25) is 11.3 Å². The van der Waals surface area contributed by atoms with Crippen LogP contribution in [0.4, 0.5) is 4.39 Å². The van der Waals surface area contributed by atoms with Gasteiger partial charge in [-0.05, 0) is 51.7 Å². The number of hydrogen-bond donors (Lipinski definition) is 2. The Balaban J connectivity index is 2.31. The Morgan fingerprint density at radius 2 is 2.00 bits per heavy atom. The molecule has 0 aliphatic carbocycles. The average Bonchev–Trinajstić information content (AvgIpc) is 2.42. The van der Waals surface area contributed by atoms with E-state index >= 15 is 0 Å². The average molecular weight is 378 g/mol. The van der Waals surface area contributed by atoms with Crippen LogP contribution in [0.2, 0.25) is 10.0 Å². The van der Waals surface area contributed by atoms with Gasteiger partial charge in [0.25, 0.3) is 0 Å². The van der Waals surface area contributed by atoms with Crippen molar-refractivity contribution in [3.8, 4) is 0 Å². The smallest absolute Gasteiger partial charge is 0.124 e. The second-order valence-electron chi connectivity index (χ2n) is 4.30. The van der Waals surface area contributed by atoms with Crippen LogP contribution in [-0.2, 0) is 6.42 Å². The minimum absolute atomic E-state index is 0.219. The SMILES string of the molecule is NNC(Cc1ccc(F)cc1Cl)c1cccc(Br)c1Cl. The lowest BCUT2D eigenvalue weighted by Gasteiger charge is -2.19. The summed E-state index contributed by atoms with van der Waals surface area (Å²) in [4.78, 5) is 0. The van der Waals surface area contributed by atoms with E-state index in [0.29, 0.717) is 16.5 Å². The van der Waals surface area contributed by atoms with E-state index < -0.39 is 0 Å². The maximum atomic E-state index is 13.1. The van der Waals surface area contributed by atoms with Gasteiger partial charge >= 0.3 is 0 Å². The first-order chi connectivity index (χ1) is 9.52. The summed E-state index contributed by atoms with van der Waals surface area (Å²) in [5.41, 5.74) is 4.37. The summed E-state index contributed by atoms with van der Waals surface area (Å²) < 4.78 is 13.8. The summed E-state index contributed by atoms with van der Waals surface area (Å²) in [7, 11) is 0. The van der Waals surface area contributed by atoms with Crippen molar-refractivity contribution in [2.75, 3.05) is 0 Å². The van der Waals surface area contributed by atoms with E-state index in [1.54, 1.807) is 6.07 Å². The molecule has 1 unspecified atom stereocenters. The number of hydrazine groups is 1. The Labute approximate surface area is 135 Å². The van der Waals surface area contributed by atoms with Crippen LogP contribution in [0.25, 0.3) is 0 Å². The van der Waals surface area contributed by atoms with E-state index in [4.69, 9.17) is 29.0 Å². The van der Waals surface area contributed by atoms with Gasteiger partial charge in [-0.2, -0.15) is 0 Å². The molecule has 0 amide bonds. The Bertz CT molecular complexity index is 622. The van der Waals surface area contributed by atoms with Crippen LogP contribution in [0.15, 0.2) is 40.9 Å². The first-order valence-electron chi connectivity index (χ1n) is 5.87. The van der Waals surface area contributed by atoms with Gasteiger partial charge in [-0.15, -0.1) is 0 Å². The molecule has 2 rings (SSSR count). The van der Waals surface area contributed by atoms with Crippen molar-refractivity contribution in [2.45, 2.75) is 12.5 Å². The molecule has 0 saturated carbocycles. The van der Waals surface area contributed by atoms with Crippen LogP contribution < -0.4 is 11.3 Å². The van der Waals surface area contributed by atoms with Gasteiger partial charge in [-0.1, -0.05) is 41.4 Å². The van der Waals surface area contributed by atoms with E-state index in [2.05, 4.69) is 21.4 Å². The molecular formula is C14H12BrCl2FN2. The number of halogens is 4. The number of hydrogen-bond acceptors (Lipinski definition) is 2. The van der Waals surface area contributed by atoms with Crippen molar-refractivity contribution < 1.29 is 4.39 Å². The molecule has 0 radical (unpaired) electrons. The zero-order valence-corrected chi connectivity index (χ0v) is 13.4. The normalized spacial score (nSPS) is 12.4. The molecule has 0 bridgehead atoms. The second kappa shape index (κ2) is 6.87. The zero-order chi connectivity index (χ0) is 14.7. The predicted octanol–water partition coefficient (Wildman–Crippen LogP) is 4.64. The third-order valence-corrected chi connectivity index (χ3v) is 4.66. The molecule has 0 saturated heterocycles. The monoisotopic (exact) mass is 376 g/mol. The Morgan fingerprint density at radius 1 is 1.25 bits per heavy atom. The third kappa shape index (κ3) is 3.51. The van der Waals surface area contributed by atoms with E-state index in [1.807, 2.05) is 18.2 Å². The first-order valence-corrected chi connectivity index (χ1v) is 7.41. The Morgan fingerprint density at radius 3 is 2.65 bits per heavy atom. The molecule has 6 heteroatoms. The molecule has 20 heavy (non-hydrogen) atoms. The van der Waals surface area contributed by atoms with Crippen LogP contribution in [-0.4, -0.2) is 0 Å². The highest BCUT2D eigenvalue weighted by Crippen LogP contribution is 2.32. The van der Waals surface area contributed by atoms with Crippen molar-refractivity contribution in [1.82, 2.24) is 5.43 Å². The van der Waals surface area contributed by atoms with Gasteiger partial charge in [0.1, 0.15) is 5.82 Å². The summed E-state index contributed by atoms with van der Waals surface area (Å²) in [5.74, 6) is 5.25. The lowest BCUT2D eigenvalue weighted by atomic mass is 9.99. The lowest BCUT2D eigenvalue weighted by Crippen LogP contribution is -2.30. The fourth-order valence-electron chi connectivity index (χ4n) is 1.96. The Kier molecular flexibility index (Phi) is 5.41. The summed E-state index contributed by atoms with van der Waals surface area (Å²) in [6.45, 7) is 0. The molecule has 0 aromatic heterocycles. The number of nitrogens with one attached hydrogen (secondary N) is 1. The number of nitrogens with two attached hydrogens (primary N) is 1. The van der Waals surface area contributed by atoms with E-state index in [1.165, 1.54) is 12.1 Å². The number of rotatable bonds is 4. The topological polar surface area (TPSA) is 38.0 Å². The maximum Gasteiger partial charge on any atom is 0.124 e. The maximum absolute atomic E-state index is 13.1. The summed E-state index contributed by atoms with van der Waals surface area (Å²) in [6.07, 6.45) is 0.506. The number of benzene rings is 2. The van der Waals surface area contributed by atoms with Crippen LogP contribution in [0.3, 0.4) is 0 Å².